The van der Waals surface area contributed by atoms with Crippen LogP contribution >= 0.6 is 0 Å². The van der Waals surface area contributed by atoms with Gasteiger partial charge in [0, 0.05) is 25.4 Å². The van der Waals surface area contributed by atoms with Crippen LogP contribution in [0.1, 0.15) is 50.5 Å². The molecule has 3 amide bonds. The number of nitrogens with two attached hydrogens (primary N) is 1. The highest BCUT2D eigenvalue weighted by atomic mass is 16.5. The van der Waals surface area contributed by atoms with Gasteiger partial charge in [0.05, 0.1) is 26.4 Å². The molecule has 2 aliphatic rings. The van der Waals surface area contributed by atoms with Gasteiger partial charge in [0.1, 0.15) is 6.04 Å². The van der Waals surface area contributed by atoms with Gasteiger partial charge in [0.2, 0.25) is 17.7 Å². The summed E-state index contributed by atoms with van der Waals surface area (Å²) in [6.45, 7) is 2.45. The molecule has 1 saturated heterocycles. The lowest BCUT2D eigenvalue weighted by Gasteiger charge is -2.30. The van der Waals surface area contributed by atoms with Gasteiger partial charge in [0.25, 0.3) is 0 Å². The minimum Gasteiger partial charge on any atom is -0.378 e. The molecular weight excluding hydrogens is 422 g/mol. The van der Waals surface area contributed by atoms with Crippen LogP contribution in [-0.4, -0.2) is 61.6 Å². The molecule has 8 heteroatoms. The van der Waals surface area contributed by atoms with Crippen molar-refractivity contribution < 1.29 is 23.9 Å². The van der Waals surface area contributed by atoms with Crippen molar-refractivity contribution >= 4 is 17.7 Å². The van der Waals surface area contributed by atoms with Crippen LogP contribution < -0.4 is 11.1 Å². The van der Waals surface area contributed by atoms with Gasteiger partial charge in [-0.3, -0.25) is 14.4 Å². The van der Waals surface area contributed by atoms with Crippen molar-refractivity contribution in [2.24, 2.45) is 17.6 Å². The van der Waals surface area contributed by atoms with E-state index in [2.05, 4.69) is 5.32 Å². The molecule has 3 N–H and O–H groups in total. The highest BCUT2D eigenvalue weighted by Crippen LogP contribution is 2.30. The molecule has 3 rings (SSSR count). The van der Waals surface area contributed by atoms with Crippen LogP contribution in [0.4, 0.5) is 0 Å². The Morgan fingerprint density at radius 3 is 2.45 bits per heavy atom. The quantitative estimate of drug-likeness (QED) is 0.526. The second kappa shape index (κ2) is 13.3. The van der Waals surface area contributed by atoms with Crippen LogP contribution in [0.2, 0.25) is 0 Å². The van der Waals surface area contributed by atoms with E-state index in [1.165, 1.54) is 6.42 Å². The Labute approximate surface area is 196 Å². The first-order valence-corrected chi connectivity index (χ1v) is 12.1. The summed E-state index contributed by atoms with van der Waals surface area (Å²) < 4.78 is 11.0. The van der Waals surface area contributed by atoms with Crippen LogP contribution in [0.5, 0.6) is 0 Å². The minimum absolute atomic E-state index is 0.0104. The summed E-state index contributed by atoms with van der Waals surface area (Å²) in [7, 11) is 0. The zero-order valence-electron chi connectivity index (χ0n) is 19.4. The molecular formula is C25H37N3O5. The summed E-state index contributed by atoms with van der Waals surface area (Å²) >= 11 is 0. The zero-order chi connectivity index (χ0) is 23.5. The first-order chi connectivity index (χ1) is 16.0. The molecule has 8 nitrogen and oxygen atoms in total. The maximum absolute atomic E-state index is 13.2. The summed E-state index contributed by atoms with van der Waals surface area (Å²) in [5.41, 5.74) is 6.51. The van der Waals surface area contributed by atoms with E-state index >= 15 is 0 Å². The first kappa shape index (κ1) is 25.2. The Bertz CT molecular complexity index is 761. The average molecular weight is 460 g/mol. The van der Waals surface area contributed by atoms with Crippen molar-refractivity contribution in [3.63, 3.8) is 0 Å². The van der Waals surface area contributed by atoms with Gasteiger partial charge in [-0.05, 0) is 17.9 Å². The third kappa shape index (κ3) is 8.44. The number of hydrogen-bond donors (Lipinski definition) is 2. The molecule has 2 atom stereocenters. The standard InChI is InChI=1S/C25H37N3O5/c26-24(30)22(18-33-17-20-9-5-2-6-10-20)27-25(31)21(15-19-7-3-1-4-8-19)16-23(29)28-11-13-32-14-12-28/h2,5-6,9-10,19,21-22H,1,3-4,7-8,11-18H2,(H2,26,30)(H,27,31)/t21-,22+/m1/s1. The second-order valence-corrected chi connectivity index (χ2v) is 9.10. The van der Waals surface area contributed by atoms with E-state index in [0.717, 1.165) is 31.2 Å². The van der Waals surface area contributed by atoms with Crippen LogP contribution in [0.3, 0.4) is 0 Å². The molecule has 1 aliphatic carbocycles. The smallest absolute Gasteiger partial charge is 0.242 e. The number of ether oxygens (including phenoxy) is 2. The Balaban J connectivity index is 1.59. The van der Waals surface area contributed by atoms with Gasteiger partial charge in [-0.2, -0.15) is 0 Å². The fourth-order valence-electron chi connectivity index (χ4n) is 4.61. The fourth-order valence-corrected chi connectivity index (χ4v) is 4.61. The number of hydrogen-bond acceptors (Lipinski definition) is 5. The normalized spacial score (nSPS) is 19.0. The van der Waals surface area contributed by atoms with Crippen molar-refractivity contribution in [2.45, 2.75) is 57.6 Å². The van der Waals surface area contributed by atoms with E-state index in [-0.39, 0.29) is 24.8 Å². The molecule has 2 fully saturated rings. The Kier molecular flexibility index (Phi) is 10.2. The van der Waals surface area contributed by atoms with Crippen molar-refractivity contribution in [3.05, 3.63) is 35.9 Å². The Morgan fingerprint density at radius 1 is 1.09 bits per heavy atom. The lowest BCUT2D eigenvalue weighted by atomic mass is 9.81. The number of morpholine rings is 1. The third-order valence-corrected chi connectivity index (χ3v) is 6.55. The number of amides is 3. The fraction of sp³-hybridized carbons (Fsp3) is 0.640. The Hall–Kier alpha value is -2.45. The van der Waals surface area contributed by atoms with E-state index in [4.69, 9.17) is 15.2 Å². The topological polar surface area (TPSA) is 111 Å². The van der Waals surface area contributed by atoms with Crippen molar-refractivity contribution in [2.75, 3.05) is 32.9 Å². The summed E-state index contributed by atoms with van der Waals surface area (Å²) in [4.78, 5) is 39.9. The molecule has 182 valence electrons. The molecule has 1 heterocycles. The predicted octanol–water partition coefficient (Wildman–Crippen LogP) is 2.01. The molecule has 0 spiro atoms. The average Bonchev–Trinajstić information content (AvgIpc) is 2.84. The van der Waals surface area contributed by atoms with Crippen LogP contribution in [0.25, 0.3) is 0 Å². The zero-order valence-corrected chi connectivity index (χ0v) is 19.4. The number of nitrogens with one attached hydrogen (secondary N) is 1. The maximum atomic E-state index is 13.2. The van der Waals surface area contributed by atoms with Gasteiger partial charge in [-0.1, -0.05) is 62.4 Å². The number of nitrogens with zero attached hydrogens (tertiary/aromatic N) is 1. The van der Waals surface area contributed by atoms with Crippen LogP contribution in [0, 0.1) is 11.8 Å². The first-order valence-electron chi connectivity index (χ1n) is 12.1. The summed E-state index contributed by atoms with van der Waals surface area (Å²) in [6.07, 6.45) is 6.49. The van der Waals surface area contributed by atoms with Crippen molar-refractivity contribution in [3.8, 4) is 0 Å². The Morgan fingerprint density at radius 2 is 1.79 bits per heavy atom. The molecule has 1 saturated carbocycles. The van der Waals surface area contributed by atoms with E-state index in [1.807, 2.05) is 30.3 Å². The van der Waals surface area contributed by atoms with Crippen molar-refractivity contribution in [1.82, 2.24) is 10.2 Å². The molecule has 1 aliphatic heterocycles. The summed E-state index contributed by atoms with van der Waals surface area (Å²) in [6, 6.07) is 8.65. The van der Waals surface area contributed by atoms with E-state index in [1.54, 1.807) is 4.90 Å². The third-order valence-electron chi connectivity index (χ3n) is 6.55. The molecule has 0 aromatic heterocycles. The van der Waals surface area contributed by atoms with E-state index in [9.17, 15) is 14.4 Å². The lowest BCUT2D eigenvalue weighted by Crippen LogP contribution is -2.50. The highest BCUT2D eigenvalue weighted by Gasteiger charge is 2.31. The molecule has 0 unspecified atom stereocenters. The SMILES string of the molecule is NC(=O)[C@H](COCc1ccccc1)NC(=O)[C@@H](CC(=O)N1CCOCC1)CC1CCCCC1. The van der Waals surface area contributed by atoms with Gasteiger partial charge >= 0.3 is 0 Å². The predicted molar refractivity (Wildman–Crippen MR) is 124 cm³/mol. The van der Waals surface area contributed by atoms with Gasteiger partial charge < -0.3 is 25.4 Å². The summed E-state index contributed by atoms with van der Waals surface area (Å²) in [5, 5.41) is 2.77. The van der Waals surface area contributed by atoms with Crippen LogP contribution in [-0.2, 0) is 30.5 Å². The van der Waals surface area contributed by atoms with E-state index in [0.29, 0.717) is 45.2 Å². The van der Waals surface area contributed by atoms with Gasteiger partial charge in [-0.25, -0.2) is 0 Å². The number of carbonyl (C=O) groups is 3. The number of benzene rings is 1. The molecule has 33 heavy (non-hydrogen) atoms. The molecule has 0 radical (unpaired) electrons. The maximum Gasteiger partial charge on any atom is 0.242 e. The van der Waals surface area contributed by atoms with Gasteiger partial charge in [-0.15, -0.1) is 0 Å². The largest absolute Gasteiger partial charge is 0.378 e. The van der Waals surface area contributed by atoms with Gasteiger partial charge in [0.15, 0.2) is 0 Å². The van der Waals surface area contributed by atoms with E-state index < -0.39 is 17.9 Å². The molecule has 1 aromatic rings. The minimum atomic E-state index is -0.937. The summed E-state index contributed by atoms with van der Waals surface area (Å²) in [5.74, 6) is -1.04. The molecule has 0 bridgehead atoms. The lowest BCUT2D eigenvalue weighted by molar-refractivity contribution is -0.140. The molecule has 1 aromatic carbocycles. The number of primary amides is 1. The monoisotopic (exact) mass is 459 g/mol. The highest BCUT2D eigenvalue weighted by molar-refractivity contribution is 5.90. The van der Waals surface area contributed by atoms with Crippen LogP contribution in [0.15, 0.2) is 30.3 Å². The number of rotatable bonds is 11. The van der Waals surface area contributed by atoms with Crippen molar-refractivity contribution in [1.29, 1.82) is 0 Å². The number of carbonyl (C=O) groups excluding carboxylic acids is 3. The second-order valence-electron chi connectivity index (χ2n) is 9.10.